The van der Waals surface area contributed by atoms with E-state index in [0.717, 1.165) is 48.7 Å². The summed E-state index contributed by atoms with van der Waals surface area (Å²) in [6.07, 6.45) is 2.03. The molecule has 0 N–H and O–H groups in total. The lowest BCUT2D eigenvalue weighted by Crippen LogP contribution is -2.45. The Morgan fingerprint density at radius 3 is 2.83 bits per heavy atom. The van der Waals surface area contributed by atoms with Gasteiger partial charge in [-0.1, -0.05) is 0 Å². The number of methoxy groups -OCH3 is 1. The van der Waals surface area contributed by atoms with E-state index in [1.54, 1.807) is 7.11 Å². The second-order valence-corrected chi connectivity index (χ2v) is 8.04. The number of nitrogens with zero attached hydrogens (tertiary/aromatic N) is 4. The molecule has 1 aromatic heterocycles. The maximum absolute atomic E-state index is 13.3. The number of aryl methyl sites for hydroxylation is 2. The fourth-order valence-electron chi connectivity index (χ4n) is 4.33. The molecule has 0 spiro atoms. The van der Waals surface area contributed by atoms with Crippen molar-refractivity contribution < 1.29 is 14.3 Å². The van der Waals surface area contributed by atoms with Gasteiger partial charge in [-0.05, 0) is 43.7 Å². The number of ether oxygens (including phenoxy) is 2. The molecule has 2 bridgehead atoms. The van der Waals surface area contributed by atoms with Gasteiger partial charge in [0.05, 0.1) is 32.1 Å². The van der Waals surface area contributed by atoms with Gasteiger partial charge >= 0.3 is 0 Å². The van der Waals surface area contributed by atoms with Crippen LogP contribution in [0.15, 0.2) is 30.5 Å². The van der Waals surface area contributed by atoms with Crippen molar-refractivity contribution in [2.75, 3.05) is 40.0 Å². The Hall–Kier alpha value is -2.38. The summed E-state index contributed by atoms with van der Waals surface area (Å²) in [5, 5.41) is 4.64. The van der Waals surface area contributed by atoms with Crippen molar-refractivity contribution in [3.05, 3.63) is 47.3 Å². The minimum atomic E-state index is 0.0964. The Balaban J connectivity index is 1.52. The number of fused-ring (bicyclic) bond motifs is 3. The fraction of sp³-hybridized carbons (Fsp3) is 0.545. The van der Waals surface area contributed by atoms with Crippen molar-refractivity contribution in [2.45, 2.75) is 33.0 Å². The predicted molar refractivity (Wildman–Crippen MR) is 110 cm³/mol. The molecule has 3 heterocycles. The summed E-state index contributed by atoms with van der Waals surface area (Å²) in [6, 6.07) is 7.92. The lowest BCUT2D eigenvalue weighted by molar-refractivity contribution is 0.0404. The van der Waals surface area contributed by atoms with E-state index in [2.05, 4.69) is 23.0 Å². The van der Waals surface area contributed by atoms with Crippen molar-refractivity contribution in [1.82, 2.24) is 19.6 Å². The van der Waals surface area contributed by atoms with Gasteiger partial charge in [0.15, 0.2) is 0 Å². The SMILES string of the molecule is CCn1ccc(CN2C[C@H]3COC[C@@H]2CN(C(=O)c2ccc(OC)cc2C)C3)n1. The first-order valence-electron chi connectivity index (χ1n) is 10.4. The van der Waals surface area contributed by atoms with Crippen LogP contribution < -0.4 is 4.74 Å². The van der Waals surface area contributed by atoms with E-state index in [4.69, 9.17) is 9.47 Å². The first-order valence-corrected chi connectivity index (χ1v) is 10.4. The van der Waals surface area contributed by atoms with Gasteiger partial charge in [-0.2, -0.15) is 5.10 Å². The predicted octanol–water partition coefficient (Wildman–Crippen LogP) is 2.19. The Bertz CT molecular complexity index is 865. The standard InChI is InChI=1S/C22H30N4O3/c1-4-26-8-7-18(23-26)12-24-10-17-11-25(13-19(24)15-29-14-17)22(27)21-6-5-20(28-3)9-16(21)2/h5-9,17,19H,4,10-15H2,1-3H3/t17-,19+/m1/s1. The highest BCUT2D eigenvalue weighted by molar-refractivity contribution is 5.96. The number of rotatable bonds is 5. The molecule has 156 valence electrons. The van der Waals surface area contributed by atoms with Crippen molar-refractivity contribution >= 4 is 5.91 Å². The van der Waals surface area contributed by atoms with Crippen molar-refractivity contribution in [1.29, 1.82) is 0 Å². The molecule has 0 saturated carbocycles. The molecule has 29 heavy (non-hydrogen) atoms. The number of carbonyl (C=O) groups excluding carboxylic acids is 1. The second-order valence-electron chi connectivity index (χ2n) is 8.04. The van der Waals surface area contributed by atoms with Crippen molar-refractivity contribution in [3.8, 4) is 5.75 Å². The molecule has 2 aliphatic heterocycles. The molecule has 2 saturated heterocycles. The van der Waals surface area contributed by atoms with E-state index in [1.807, 2.05) is 40.9 Å². The van der Waals surface area contributed by atoms with Gasteiger partial charge in [-0.25, -0.2) is 0 Å². The minimum Gasteiger partial charge on any atom is -0.497 e. The van der Waals surface area contributed by atoms with E-state index in [0.29, 0.717) is 25.7 Å². The third-order valence-electron chi connectivity index (χ3n) is 5.92. The number of benzene rings is 1. The summed E-state index contributed by atoms with van der Waals surface area (Å²) in [6.45, 7) is 9.39. The monoisotopic (exact) mass is 398 g/mol. The molecule has 2 aromatic rings. The number of hydrogen-bond donors (Lipinski definition) is 0. The Morgan fingerprint density at radius 1 is 1.24 bits per heavy atom. The lowest BCUT2D eigenvalue weighted by Gasteiger charge is -2.31. The number of carbonyl (C=O) groups is 1. The molecule has 7 nitrogen and oxygen atoms in total. The maximum atomic E-state index is 13.3. The summed E-state index contributed by atoms with van der Waals surface area (Å²) in [5.74, 6) is 1.18. The van der Waals surface area contributed by atoms with Crippen LogP contribution in [0.5, 0.6) is 5.75 Å². The molecule has 1 aromatic carbocycles. The van der Waals surface area contributed by atoms with Gasteiger partial charge in [-0.15, -0.1) is 0 Å². The Morgan fingerprint density at radius 2 is 2.10 bits per heavy atom. The van der Waals surface area contributed by atoms with Crippen molar-refractivity contribution in [3.63, 3.8) is 0 Å². The van der Waals surface area contributed by atoms with Gasteiger partial charge in [0.1, 0.15) is 5.75 Å². The lowest BCUT2D eigenvalue weighted by atomic mass is 10.1. The van der Waals surface area contributed by atoms with Gasteiger partial charge in [0.25, 0.3) is 5.91 Å². The van der Waals surface area contributed by atoms with E-state index in [9.17, 15) is 4.79 Å². The van der Waals surface area contributed by atoms with Crippen molar-refractivity contribution in [2.24, 2.45) is 5.92 Å². The summed E-state index contributed by atoms with van der Waals surface area (Å²) in [5.41, 5.74) is 2.77. The van der Waals surface area contributed by atoms with Crippen LogP contribution in [0.3, 0.4) is 0 Å². The van der Waals surface area contributed by atoms with Crippen LogP contribution in [0.2, 0.25) is 0 Å². The molecule has 2 atom stereocenters. The summed E-state index contributed by atoms with van der Waals surface area (Å²) in [4.78, 5) is 17.8. The highest BCUT2D eigenvalue weighted by atomic mass is 16.5. The molecule has 0 unspecified atom stereocenters. The zero-order valence-corrected chi connectivity index (χ0v) is 17.5. The molecule has 0 radical (unpaired) electrons. The van der Waals surface area contributed by atoms with Crippen LogP contribution >= 0.6 is 0 Å². The zero-order valence-electron chi connectivity index (χ0n) is 17.5. The van der Waals surface area contributed by atoms with Crippen LogP contribution in [0.4, 0.5) is 0 Å². The maximum Gasteiger partial charge on any atom is 0.254 e. The van der Waals surface area contributed by atoms with Gasteiger partial charge in [0.2, 0.25) is 0 Å². The summed E-state index contributed by atoms with van der Waals surface area (Å²) >= 11 is 0. The smallest absolute Gasteiger partial charge is 0.254 e. The van der Waals surface area contributed by atoms with E-state index < -0.39 is 0 Å². The largest absolute Gasteiger partial charge is 0.497 e. The second kappa shape index (κ2) is 8.55. The van der Waals surface area contributed by atoms with Crippen LogP contribution in [0.25, 0.3) is 0 Å². The fourth-order valence-corrected chi connectivity index (χ4v) is 4.33. The third kappa shape index (κ3) is 4.31. The summed E-state index contributed by atoms with van der Waals surface area (Å²) in [7, 11) is 1.64. The number of aromatic nitrogens is 2. The quantitative estimate of drug-likeness (QED) is 0.773. The molecule has 2 fully saturated rings. The zero-order chi connectivity index (χ0) is 20.4. The number of amides is 1. The molecule has 0 aliphatic carbocycles. The Labute approximate surface area is 172 Å². The normalized spacial score (nSPS) is 22.4. The molecule has 4 rings (SSSR count). The Kier molecular flexibility index (Phi) is 5.87. The molecular formula is C22H30N4O3. The highest BCUT2D eigenvalue weighted by Gasteiger charge is 2.35. The summed E-state index contributed by atoms with van der Waals surface area (Å²) < 4.78 is 13.2. The van der Waals surface area contributed by atoms with Gasteiger partial charge in [0, 0.05) is 50.4 Å². The molecular weight excluding hydrogens is 368 g/mol. The average molecular weight is 399 g/mol. The van der Waals surface area contributed by atoms with E-state index >= 15 is 0 Å². The van der Waals surface area contributed by atoms with Gasteiger partial charge < -0.3 is 14.4 Å². The topological polar surface area (TPSA) is 59.8 Å². The third-order valence-corrected chi connectivity index (χ3v) is 5.92. The van der Waals surface area contributed by atoms with E-state index in [-0.39, 0.29) is 11.9 Å². The first-order chi connectivity index (χ1) is 14.1. The van der Waals surface area contributed by atoms with Gasteiger partial charge in [-0.3, -0.25) is 14.4 Å². The molecule has 2 aliphatic rings. The average Bonchev–Trinajstić information content (AvgIpc) is 2.98. The first kappa shape index (κ1) is 19.9. The van der Waals surface area contributed by atoms with Crippen LogP contribution in [0, 0.1) is 12.8 Å². The molecule has 1 amide bonds. The highest BCUT2D eigenvalue weighted by Crippen LogP contribution is 2.24. The van der Waals surface area contributed by atoms with E-state index in [1.165, 1.54) is 0 Å². The van der Waals surface area contributed by atoms with Crippen LogP contribution in [-0.4, -0.2) is 71.5 Å². The van der Waals surface area contributed by atoms with Crippen LogP contribution in [-0.2, 0) is 17.8 Å². The molecule has 7 heteroatoms. The number of hydrogen-bond acceptors (Lipinski definition) is 5. The minimum absolute atomic E-state index is 0.0964. The van der Waals surface area contributed by atoms with Crippen LogP contribution in [0.1, 0.15) is 28.5 Å².